The van der Waals surface area contributed by atoms with E-state index < -0.39 is 23.8 Å². The van der Waals surface area contributed by atoms with Gasteiger partial charge in [-0.2, -0.15) is 0 Å². The molecule has 1 aliphatic carbocycles. The molecule has 0 aromatic heterocycles. The van der Waals surface area contributed by atoms with Crippen LogP contribution in [0.25, 0.3) is 0 Å². The Morgan fingerprint density at radius 1 is 1.14 bits per heavy atom. The number of dihydropyridines is 1. The van der Waals surface area contributed by atoms with E-state index in [4.69, 9.17) is 18.9 Å². The van der Waals surface area contributed by atoms with Gasteiger partial charge in [0.05, 0.1) is 25.9 Å². The molecular formula is C27H35NO7. The summed E-state index contributed by atoms with van der Waals surface area (Å²) in [4.78, 5) is 39.6. The van der Waals surface area contributed by atoms with Crippen molar-refractivity contribution in [3.05, 3.63) is 52.4 Å². The van der Waals surface area contributed by atoms with Gasteiger partial charge in [0.2, 0.25) is 0 Å². The second-order valence-corrected chi connectivity index (χ2v) is 8.79. The molecule has 0 saturated carbocycles. The Kier molecular flexibility index (Phi) is 9.09. The summed E-state index contributed by atoms with van der Waals surface area (Å²) in [7, 11) is 1.28. The topological polar surface area (TPSA) is 100 Å². The minimum atomic E-state index is -0.934. The third-order valence-electron chi connectivity index (χ3n) is 6.27. The summed E-state index contributed by atoms with van der Waals surface area (Å²) in [5, 5.41) is 3.26. The van der Waals surface area contributed by atoms with Crippen molar-refractivity contribution >= 4 is 17.7 Å². The average Bonchev–Trinajstić information content (AvgIpc) is 2.83. The van der Waals surface area contributed by atoms with E-state index >= 15 is 0 Å². The predicted molar refractivity (Wildman–Crippen MR) is 130 cm³/mol. The van der Waals surface area contributed by atoms with Gasteiger partial charge in [-0.15, -0.1) is 0 Å². The van der Waals surface area contributed by atoms with E-state index in [0.717, 1.165) is 12.1 Å². The molecule has 190 valence electrons. The normalized spacial score (nSPS) is 21.9. The molecule has 1 aromatic rings. The van der Waals surface area contributed by atoms with Gasteiger partial charge in [0.15, 0.2) is 5.78 Å². The molecule has 1 aromatic carbocycles. The van der Waals surface area contributed by atoms with Crippen molar-refractivity contribution in [3.8, 4) is 5.75 Å². The number of ether oxygens (including phenoxy) is 4. The van der Waals surface area contributed by atoms with Gasteiger partial charge >= 0.3 is 11.9 Å². The molecule has 0 saturated heterocycles. The Morgan fingerprint density at radius 2 is 1.91 bits per heavy atom. The second-order valence-electron chi connectivity index (χ2n) is 8.79. The molecule has 0 fully saturated rings. The fourth-order valence-electron chi connectivity index (χ4n) is 4.75. The highest BCUT2D eigenvalue weighted by Crippen LogP contribution is 2.45. The van der Waals surface area contributed by atoms with E-state index in [2.05, 4.69) is 5.32 Å². The fourth-order valence-corrected chi connectivity index (χ4v) is 4.75. The Bertz CT molecular complexity index is 1030. The molecule has 0 radical (unpaired) electrons. The number of hydrogen-bond donors (Lipinski definition) is 1. The van der Waals surface area contributed by atoms with Crippen LogP contribution in [0.3, 0.4) is 0 Å². The third-order valence-corrected chi connectivity index (χ3v) is 6.27. The Balaban J connectivity index is 2.04. The summed E-state index contributed by atoms with van der Waals surface area (Å²) < 4.78 is 21.6. The summed E-state index contributed by atoms with van der Waals surface area (Å²) in [5.74, 6) is -2.69. The van der Waals surface area contributed by atoms with Crippen molar-refractivity contribution < 1.29 is 33.3 Å². The van der Waals surface area contributed by atoms with Gasteiger partial charge in [0.1, 0.15) is 18.3 Å². The van der Waals surface area contributed by atoms with Crippen molar-refractivity contribution in [2.45, 2.75) is 46.5 Å². The number of Topliss-reactive ketones (excluding diaryl/α,β-unsaturated/α-hetero) is 1. The zero-order valence-electron chi connectivity index (χ0n) is 21.1. The Morgan fingerprint density at radius 3 is 2.60 bits per heavy atom. The first kappa shape index (κ1) is 26.5. The van der Waals surface area contributed by atoms with Crippen LogP contribution in [0.15, 0.2) is 46.8 Å². The van der Waals surface area contributed by atoms with Gasteiger partial charge < -0.3 is 24.3 Å². The summed E-state index contributed by atoms with van der Waals surface area (Å²) in [6, 6.07) is 7.33. The first-order valence-corrected chi connectivity index (χ1v) is 12.1. The molecule has 0 amide bonds. The number of carbonyl (C=O) groups is 3. The highest BCUT2D eigenvalue weighted by molar-refractivity contribution is 6.12. The van der Waals surface area contributed by atoms with Gasteiger partial charge in [-0.05, 0) is 50.3 Å². The quantitative estimate of drug-likeness (QED) is 0.304. The highest BCUT2D eigenvalue weighted by atomic mass is 16.6. The van der Waals surface area contributed by atoms with Crippen molar-refractivity contribution in [1.82, 2.24) is 5.32 Å². The van der Waals surface area contributed by atoms with Crippen LogP contribution in [0.2, 0.25) is 0 Å². The number of rotatable bonds is 10. The molecule has 8 nitrogen and oxygen atoms in total. The van der Waals surface area contributed by atoms with E-state index in [1.54, 1.807) is 6.92 Å². The lowest BCUT2D eigenvalue weighted by atomic mass is 9.69. The van der Waals surface area contributed by atoms with Crippen LogP contribution in [-0.4, -0.2) is 51.3 Å². The molecule has 0 unspecified atom stereocenters. The molecule has 2 aliphatic rings. The molecule has 3 rings (SSSR count). The number of benzene rings is 1. The molecule has 8 heteroatoms. The Labute approximate surface area is 206 Å². The van der Waals surface area contributed by atoms with E-state index in [-0.39, 0.29) is 18.3 Å². The number of nitrogens with one attached hydrogen (secondary N) is 1. The van der Waals surface area contributed by atoms with Crippen molar-refractivity contribution in [1.29, 1.82) is 0 Å². The number of allylic oxidation sites excluding steroid dienone is 3. The summed E-state index contributed by atoms with van der Waals surface area (Å²) in [6.07, 6.45) is 1.35. The lowest BCUT2D eigenvalue weighted by Crippen LogP contribution is -2.43. The first-order chi connectivity index (χ1) is 16.8. The number of hydrogen-bond acceptors (Lipinski definition) is 8. The number of esters is 2. The minimum absolute atomic E-state index is 0.100. The zero-order chi connectivity index (χ0) is 25.5. The van der Waals surface area contributed by atoms with Gasteiger partial charge in [-0.25, -0.2) is 4.79 Å². The average molecular weight is 486 g/mol. The molecule has 1 N–H and O–H groups in total. The standard InChI is InChI=1S/C27H35NO7/c1-6-11-33-12-13-35-27(31)22-17(4)28-20-14-16(3)21(26(30)32-5)25(29)24(20)23(22)18-9-8-10-19(15-18)34-7-2/h8-10,15-16,21,23,28H,6-7,11-14H2,1-5H3/t16-,21-,23+/m0/s1. The highest BCUT2D eigenvalue weighted by Gasteiger charge is 2.47. The molecule has 0 bridgehead atoms. The fraction of sp³-hybridized carbons (Fsp3) is 0.519. The Hall–Kier alpha value is -3.13. The number of methoxy groups -OCH3 is 1. The lowest BCUT2D eigenvalue weighted by molar-refractivity contribution is -0.151. The maximum atomic E-state index is 13.7. The van der Waals surface area contributed by atoms with Crippen LogP contribution in [-0.2, 0) is 28.6 Å². The molecule has 3 atom stereocenters. The second kappa shape index (κ2) is 12.0. The monoisotopic (exact) mass is 485 g/mol. The molecule has 35 heavy (non-hydrogen) atoms. The molecule has 0 spiro atoms. The maximum absolute atomic E-state index is 13.7. The van der Waals surface area contributed by atoms with Crippen LogP contribution in [0, 0.1) is 11.8 Å². The first-order valence-electron chi connectivity index (χ1n) is 12.1. The predicted octanol–water partition coefficient (Wildman–Crippen LogP) is 3.67. The molecule has 1 aliphatic heterocycles. The smallest absolute Gasteiger partial charge is 0.336 e. The van der Waals surface area contributed by atoms with Crippen LogP contribution in [0.1, 0.15) is 52.0 Å². The largest absolute Gasteiger partial charge is 0.494 e. The van der Waals surface area contributed by atoms with E-state index in [1.807, 2.05) is 45.0 Å². The summed E-state index contributed by atoms with van der Waals surface area (Å²) in [6.45, 7) is 9.00. The SMILES string of the molecule is CCCOCCOC(=O)C1=C(C)NC2=C(C(=O)[C@@H](C(=O)OC)[C@@H](C)C2)[C@@H]1c1cccc(OCC)c1. The van der Waals surface area contributed by atoms with Gasteiger partial charge in [-0.3, -0.25) is 9.59 Å². The van der Waals surface area contributed by atoms with E-state index in [0.29, 0.717) is 54.4 Å². The van der Waals surface area contributed by atoms with Crippen molar-refractivity contribution in [2.75, 3.05) is 33.5 Å². The van der Waals surface area contributed by atoms with E-state index in [9.17, 15) is 14.4 Å². The van der Waals surface area contributed by atoms with E-state index in [1.165, 1.54) is 7.11 Å². The third kappa shape index (κ3) is 5.75. The lowest BCUT2D eigenvalue weighted by Gasteiger charge is -2.38. The van der Waals surface area contributed by atoms with Crippen LogP contribution in [0.4, 0.5) is 0 Å². The molecular weight excluding hydrogens is 450 g/mol. The van der Waals surface area contributed by atoms with Gasteiger partial charge in [0, 0.05) is 29.5 Å². The van der Waals surface area contributed by atoms with Crippen LogP contribution < -0.4 is 10.1 Å². The minimum Gasteiger partial charge on any atom is -0.494 e. The van der Waals surface area contributed by atoms with Crippen LogP contribution >= 0.6 is 0 Å². The summed E-state index contributed by atoms with van der Waals surface area (Å²) >= 11 is 0. The number of ketones is 1. The van der Waals surface area contributed by atoms with Gasteiger partial charge in [-0.1, -0.05) is 26.0 Å². The van der Waals surface area contributed by atoms with Crippen LogP contribution in [0.5, 0.6) is 5.75 Å². The zero-order valence-corrected chi connectivity index (χ0v) is 21.1. The van der Waals surface area contributed by atoms with Gasteiger partial charge in [0.25, 0.3) is 0 Å². The summed E-state index contributed by atoms with van der Waals surface area (Å²) in [5.41, 5.74) is 2.78. The maximum Gasteiger partial charge on any atom is 0.336 e. The molecule has 1 heterocycles. The number of carbonyl (C=O) groups excluding carboxylic acids is 3. The van der Waals surface area contributed by atoms with Crippen molar-refractivity contribution in [3.63, 3.8) is 0 Å². The van der Waals surface area contributed by atoms with Crippen molar-refractivity contribution in [2.24, 2.45) is 11.8 Å².